The Kier molecular flexibility index (Phi) is 5.44. The third-order valence-electron chi connectivity index (χ3n) is 3.90. The monoisotopic (exact) mass is 333 g/mol. The molecule has 0 radical (unpaired) electrons. The summed E-state index contributed by atoms with van der Waals surface area (Å²) in [4.78, 5) is 0.337. The molecule has 2 rings (SSSR count). The highest BCUT2D eigenvalue weighted by Gasteiger charge is 2.10. The first-order valence-corrected chi connectivity index (χ1v) is 9.39. The molecule has 0 saturated carbocycles. The van der Waals surface area contributed by atoms with E-state index in [4.69, 9.17) is 4.74 Å². The Hall–Kier alpha value is -1.85. The van der Waals surface area contributed by atoms with Crippen molar-refractivity contribution in [1.82, 2.24) is 0 Å². The number of ether oxygens (including phenoxy) is 1. The zero-order valence-electron chi connectivity index (χ0n) is 13.9. The van der Waals surface area contributed by atoms with Crippen molar-refractivity contribution in [3.63, 3.8) is 0 Å². The highest BCUT2D eigenvalue weighted by atomic mass is 32.2. The largest absolute Gasteiger partial charge is 0.379 e. The predicted octanol–water partition coefficient (Wildman–Crippen LogP) is 3.97. The topological polar surface area (TPSA) is 55.4 Å². The number of hydrogen-bond acceptors (Lipinski definition) is 4. The average Bonchev–Trinajstić information content (AvgIpc) is 2.53. The van der Waals surface area contributed by atoms with Gasteiger partial charge in [-0.25, -0.2) is 8.42 Å². The molecule has 1 N–H and O–H groups in total. The molecule has 0 spiro atoms. The molecule has 0 aliphatic carbocycles. The van der Waals surface area contributed by atoms with Crippen LogP contribution in [0.4, 0.5) is 5.69 Å². The molecule has 2 aromatic carbocycles. The van der Waals surface area contributed by atoms with Crippen molar-refractivity contribution in [2.75, 3.05) is 18.7 Å². The summed E-state index contributed by atoms with van der Waals surface area (Å²) in [6, 6.07) is 15.1. The van der Waals surface area contributed by atoms with Crippen LogP contribution >= 0.6 is 0 Å². The molecule has 0 amide bonds. The second-order valence-electron chi connectivity index (χ2n) is 5.71. The highest BCUT2D eigenvalue weighted by Crippen LogP contribution is 2.24. The quantitative estimate of drug-likeness (QED) is 0.869. The van der Waals surface area contributed by atoms with E-state index in [2.05, 4.69) is 11.4 Å². The molecule has 5 heteroatoms. The SMILES string of the molecule is CO[C@@H](C)c1cccc(N[C@@H](C)c2ccc(S(C)(=O)=O)cc2)c1. The first kappa shape index (κ1) is 17.5. The van der Waals surface area contributed by atoms with Crippen LogP contribution in [0.3, 0.4) is 0 Å². The average molecular weight is 333 g/mol. The fourth-order valence-corrected chi connectivity index (χ4v) is 2.98. The van der Waals surface area contributed by atoms with Crippen LogP contribution < -0.4 is 5.32 Å². The van der Waals surface area contributed by atoms with E-state index in [9.17, 15) is 8.42 Å². The van der Waals surface area contributed by atoms with Crippen molar-refractivity contribution in [3.05, 3.63) is 59.7 Å². The fraction of sp³-hybridized carbons (Fsp3) is 0.333. The van der Waals surface area contributed by atoms with Gasteiger partial charge < -0.3 is 10.1 Å². The smallest absolute Gasteiger partial charge is 0.175 e. The number of anilines is 1. The Morgan fingerprint density at radius 2 is 1.65 bits per heavy atom. The van der Waals surface area contributed by atoms with E-state index >= 15 is 0 Å². The van der Waals surface area contributed by atoms with Crippen molar-refractivity contribution >= 4 is 15.5 Å². The van der Waals surface area contributed by atoms with E-state index in [0.717, 1.165) is 16.8 Å². The predicted molar refractivity (Wildman–Crippen MR) is 93.5 cm³/mol. The summed E-state index contributed by atoms with van der Waals surface area (Å²) in [6.07, 6.45) is 1.26. The van der Waals surface area contributed by atoms with Crippen molar-refractivity contribution in [1.29, 1.82) is 0 Å². The molecular formula is C18H23NO3S. The van der Waals surface area contributed by atoms with Crippen LogP contribution in [0, 0.1) is 0 Å². The lowest BCUT2D eigenvalue weighted by Gasteiger charge is -2.18. The minimum atomic E-state index is -3.16. The van der Waals surface area contributed by atoms with Crippen molar-refractivity contribution in [3.8, 4) is 0 Å². The van der Waals surface area contributed by atoms with Gasteiger partial charge in [-0.2, -0.15) is 0 Å². The summed E-state index contributed by atoms with van der Waals surface area (Å²) in [6.45, 7) is 4.05. The molecule has 0 saturated heterocycles. The third-order valence-corrected chi connectivity index (χ3v) is 5.03. The van der Waals surface area contributed by atoms with Crippen LogP contribution in [0.2, 0.25) is 0 Å². The molecule has 0 unspecified atom stereocenters. The molecule has 23 heavy (non-hydrogen) atoms. The normalized spacial score (nSPS) is 14.3. The highest BCUT2D eigenvalue weighted by molar-refractivity contribution is 7.90. The van der Waals surface area contributed by atoms with E-state index in [1.165, 1.54) is 6.26 Å². The number of benzene rings is 2. The number of rotatable bonds is 6. The maximum absolute atomic E-state index is 11.5. The van der Waals surface area contributed by atoms with Crippen LogP contribution in [0.1, 0.15) is 37.1 Å². The second-order valence-corrected chi connectivity index (χ2v) is 7.73. The van der Waals surface area contributed by atoms with E-state index < -0.39 is 9.84 Å². The molecule has 124 valence electrons. The van der Waals surface area contributed by atoms with Gasteiger partial charge in [0.25, 0.3) is 0 Å². The van der Waals surface area contributed by atoms with Crippen LogP contribution in [0.15, 0.2) is 53.4 Å². The molecule has 0 heterocycles. The molecule has 0 fully saturated rings. The fourth-order valence-electron chi connectivity index (χ4n) is 2.35. The zero-order chi connectivity index (χ0) is 17.0. The summed E-state index contributed by atoms with van der Waals surface area (Å²) in [5.41, 5.74) is 3.14. The van der Waals surface area contributed by atoms with Crippen molar-refractivity contribution < 1.29 is 13.2 Å². The molecule has 0 aliphatic heterocycles. The summed E-state index contributed by atoms with van der Waals surface area (Å²) in [5.74, 6) is 0. The number of methoxy groups -OCH3 is 1. The number of nitrogens with one attached hydrogen (secondary N) is 1. The van der Waals surface area contributed by atoms with Gasteiger partial charge in [-0.3, -0.25) is 0 Å². The van der Waals surface area contributed by atoms with Gasteiger partial charge in [-0.05, 0) is 49.2 Å². The number of sulfone groups is 1. The Bertz CT molecular complexity index is 754. The van der Waals surface area contributed by atoms with Gasteiger partial charge in [-0.1, -0.05) is 24.3 Å². The van der Waals surface area contributed by atoms with Crippen LogP contribution in [0.25, 0.3) is 0 Å². The summed E-state index contributed by atoms with van der Waals surface area (Å²) in [5, 5.41) is 3.43. The van der Waals surface area contributed by atoms with Crippen molar-refractivity contribution in [2.45, 2.75) is 30.9 Å². The van der Waals surface area contributed by atoms with Gasteiger partial charge in [0, 0.05) is 25.1 Å². The van der Waals surface area contributed by atoms with E-state index in [1.54, 1.807) is 19.2 Å². The van der Waals surface area contributed by atoms with Crippen LogP contribution in [0.5, 0.6) is 0 Å². The molecule has 0 aliphatic rings. The van der Waals surface area contributed by atoms with Gasteiger partial charge in [0.15, 0.2) is 9.84 Å². The molecule has 4 nitrogen and oxygen atoms in total. The van der Waals surface area contributed by atoms with E-state index in [1.807, 2.05) is 44.2 Å². The molecular weight excluding hydrogens is 310 g/mol. The molecule has 2 atom stereocenters. The Balaban J connectivity index is 2.14. The zero-order valence-corrected chi connectivity index (χ0v) is 14.7. The Morgan fingerprint density at radius 1 is 1.00 bits per heavy atom. The summed E-state index contributed by atoms with van der Waals surface area (Å²) < 4.78 is 28.4. The Labute approximate surface area is 138 Å². The standard InChI is InChI=1S/C18H23NO3S/c1-13(15-8-10-18(11-9-15)23(4,20)21)19-17-7-5-6-16(12-17)14(2)22-3/h5-14,19H,1-4H3/t13-,14-/m0/s1. The number of hydrogen-bond donors (Lipinski definition) is 1. The lowest BCUT2D eigenvalue weighted by Crippen LogP contribution is -2.08. The first-order chi connectivity index (χ1) is 10.8. The van der Waals surface area contributed by atoms with Gasteiger partial charge in [0.2, 0.25) is 0 Å². The molecule has 0 bridgehead atoms. The van der Waals surface area contributed by atoms with Crippen LogP contribution in [-0.4, -0.2) is 21.8 Å². The van der Waals surface area contributed by atoms with E-state index in [-0.39, 0.29) is 12.1 Å². The lowest BCUT2D eigenvalue weighted by molar-refractivity contribution is 0.119. The molecule has 0 aromatic heterocycles. The van der Waals surface area contributed by atoms with Crippen molar-refractivity contribution in [2.24, 2.45) is 0 Å². The van der Waals surface area contributed by atoms with Crippen LogP contribution in [-0.2, 0) is 14.6 Å². The second kappa shape index (κ2) is 7.15. The third kappa shape index (κ3) is 4.56. The maximum Gasteiger partial charge on any atom is 0.175 e. The minimum absolute atomic E-state index is 0.0427. The minimum Gasteiger partial charge on any atom is -0.379 e. The van der Waals surface area contributed by atoms with Gasteiger partial charge in [-0.15, -0.1) is 0 Å². The maximum atomic E-state index is 11.5. The van der Waals surface area contributed by atoms with Gasteiger partial charge in [0.05, 0.1) is 11.0 Å². The van der Waals surface area contributed by atoms with E-state index in [0.29, 0.717) is 4.90 Å². The lowest BCUT2D eigenvalue weighted by atomic mass is 10.1. The Morgan fingerprint density at radius 3 is 2.22 bits per heavy atom. The summed E-state index contributed by atoms with van der Waals surface area (Å²) >= 11 is 0. The molecule has 2 aromatic rings. The van der Waals surface area contributed by atoms with Gasteiger partial charge in [0.1, 0.15) is 0 Å². The first-order valence-electron chi connectivity index (χ1n) is 7.50. The van der Waals surface area contributed by atoms with Gasteiger partial charge >= 0.3 is 0 Å². The summed E-state index contributed by atoms with van der Waals surface area (Å²) in [7, 11) is -1.47.